The van der Waals surface area contributed by atoms with E-state index in [9.17, 15) is 14.5 Å². The van der Waals surface area contributed by atoms with Gasteiger partial charge in [-0.1, -0.05) is 19.3 Å². The van der Waals surface area contributed by atoms with Crippen molar-refractivity contribution in [2.24, 2.45) is 5.29 Å². The third kappa shape index (κ3) is 3.69. The molecule has 0 heterocycles. The maximum absolute atomic E-state index is 11.6. The summed E-state index contributed by atoms with van der Waals surface area (Å²) in [6.45, 7) is 1.34. The number of hydrogen-bond acceptors (Lipinski definition) is 4. The summed E-state index contributed by atoms with van der Waals surface area (Å²) in [7, 11) is 0. The molecule has 1 atom stereocenters. The molecule has 0 aliphatic heterocycles. The Balaban J connectivity index is 2.56. The third-order valence-corrected chi connectivity index (χ3v) is 2.93. The lowest BCUT2D eigenvalue weighted by atomic mass is 9.95. The third-order valence-electron chi connectivity index (χ3n) is 2.93. The first-order valence-corrected chi connectivity index (χ1v) is 5.72. The molecule has 17 heavy (non-hydrogen) atoms. The van der Waals surface area contributed by atoms with Crippen molar-refractivity contribution in [3.05, 3.63) is 4.91 Å². The highest BCUT2D eigenvalue weighted by molar-refractivity contribution is 5.82. The summed E-state index contributed by atoms with van der Waals surface area (Å²) in [4.78, 5) is 32.9. The molecule has 0 aromatic carbocycles. The smallest absolute Gasteiger partial charge is 0.341 e. The Morgan fingerprint density at radius 1 is 1.35 bits per heavy atom. The number of carbonyl (C=O) groups is 2. The maximum Gasteiger partial charge on any atom is 0.341 e. The van der Waals surface area contributed by atoms with Gasteiger partial charge in [-0.05, 0) is 19.8 Å². The van der Waals surface area contributed by atoms with Crippen LogP contribution in [0.5, 0.6) is 0 Å². The second-order valence-electron chi connectivity index (χ2n) is 4.23. The monoisotopic (exact) mass is 243 g/mol. The van der Waals surface area contributed by atoms with Crippen LogP contribution in [-0.2, 0) is 4.79 Å². The Labute approximate surface area is 99.1 Å². The van der Waals surface area contributed by atoms with Crippen molar-refractivity contribution in [3.63, 3.8) is 0 Å². The van der Waals surface area contributed by atoms with Gasteiger partial charge < -0.3 is 10.4 Å². The number of carboxylic acid groups (broad SMARTS) is 1. The average Bonchev–Trinajstić information content (AvgIpc) is 2.31. The minimum absolute atomic E-state index is 0.206. The number of nitroso groups, excluding NO2 is 1. The summed E-state index contributed by atoms with van der Waals surface area (Å²) in [6.07, 6.45) is 4.48. The molecular formula is C10H17N3O4. The van der Waals surface area contributed by atoms with E-state index in [2.05, 4.69) is 10.6 Å². The Hall–Kier alpha value is -1.66. The normalized spacial score (nSPS) is 18.2. The molecule has 1 aliphatic rings. The fourth-order valence-electron chi connectivity index (χ4n) is 1.91. The second kappa shape index (κ2) is 6.17. The van der Waals surface area contributed by atoms with Crippen LogP contribution in [0.1, 0.15) is 39.0 Å². The highest BCUT2D eigenvalue weighted by Gasteiger charge is 2.28. The number of aliphatic carboxylic acids is 1. The SMILES string of the molecule is CC(NC(=O)N(N=O)C1CCCCC1)C(=O)O. The van der Waals surface area contributed by atoms with Gasteiger partial charge in [0.05, 0.1) is 11.3 Å². The van der Waals surface area contributed by atoms with Crippen molar-refractivity contribution in [2.75, 3.05) is 0 Å². The van der Waals surface area contributed by atoms with Crippen molar-refractivity contribution in [1.82, 2.24) is 10.3 Å². The topological polar surface area (TPSA) is 99.1 Å². The van der Waals surface area contributed by atoms with E-state index in [-0.39, 0.29) is 6.04 Å². The molecule has 1 rings (SSSR count). The van der Waals surface area contributed by atoms with E-state index >= 15 is 0 Å². The van der Waals surface area contributed by atoms with E-state index in [0.29, 0.717) is 0 Å². The van der Waals surface area contributed by atoms with Gasteiger partial charge in [0.15, 0.2) is 0 Å². The average molecular weight is 243 g/mol. The first-order chi connectivity index (χ1) is 8.06. The molecular weight excluding hydrogens is 226 g/mol. The van der Waals surface area contributed by atoms with Crippen molar-refractivity contribution >= 4 is 12.0 Å². The summed E-state index contributed by atoms with van der Waals surface area (Å²) in [5.41, 5.74) is 0. The lowest BCUT2D eigenvalue weighted by Crippen LogP contribution is -2.48. The van der Waals surface area contributed by atoms with E-state index in [1.54, 1.807) is 0 Å². The first kappa shape index (κ1) is 13.4. The summed E-state index contributed by atoms with van der Waals surface area (Å²) in [5, 5.41) is 14.4. The molecule has 1 unspecified atom stereocenters. The van der Waals surface area contributed by atoms with E-state index in [4.69, 9.17) is 5.11 Å². The van der Waals surface area contributed by atoms with Crippen LogP contribution in [0.3, 0.4) is 0 Å². The standard InChI is InChI=1S/C10H17N3O4/c1-7(9(14)15)11-10(16)13(12-17)8-5-3-2-4-6-8/h7-8H,2-6H2,1H3,(H,11,16)(H,14,15). The van der Waals surface area contributed by atoms with Crippen LogP contribution in [0.4, 0.5) is 4.79 Å². The van der Waals surface area contributed by atoms with Crippen LogP contribution in [0.2, 0.25) is 0 Å². The molecule has 1 aliphatic carbocycles. The van der Waals surface area contributed by atoms with E-state index < -0.39 is 18.0 Å². The summed E-state index contributed by atoms with van der Waals surface area (Å²) in [6, 6.07) is -1.97. The summed E-state index contributed by atoms with van der Waals surface area (Å²) >= 11 is 0. The molecule has 1 saturated carbocycles. The molecule has 2 N–H and O–H groups in total. The summed E-state index contributed by atoms with van der Waals surface area (Å²) < 4.78 is 0. The number of amides is 2. The predicted molar refractivity (Wildman–Crippen MR) is 60.1 cm³/mol. The molecule has 7 heteroatoms. The van der Waals surface area contributed by atoms with Gasteiger partial charge in [-0.15, -0.1) is 4.91 Å². The van der Waals surface area contributed by atoms with Crippen LogP contribution in [-0.4, -0.2) is 34.2 Å². The van der Waals surface area contributed by atoms with Gasteiger partial charge in [-0.3, -0.25) is 4.79 Å². The van der Waals surface area contributed by atoms with Gasteiger partial charge in [-0.2, -0.15) is 5.01 Å². The number of rotatable bonds is 4. The highest BCUT2D eigenvalue weighted by Crippen LogP contribution is 2.22. The van der Waals surface area contributed by atoms with Crippen molar-refractivity contribution in [3.8, 4) is 0 Å². The number of carboxylic acids is 1. The quantitative estimate of drug-likeness (QED) is 0.577. The largest absolute Gasteiger partial charge is 0.480 e. The fraction of sp³-hybridized carbons (Fsp3) is 0.800. The van der Waals surface area contributed by atoms with Gasteiger partial charge in [0.2, 0.25) is 0 Å². The van der Waals surface area contributed by atoms with Crippen molar-refractivity contribution < 1.29 is 14.7 Å². The number of carbonyl (C=O) groups excluding carboxylic acids is 1. The van der Waals surface area contributed by atoms with Gasteiger partial charge in [0.25, 0.3) is 0 Å². The fourth-order valence-corrected chi connectivity index (χ4v) is 1.91. The Bertz CT molecular complexity index is 302. The first-order valence-electron chi connectivity index (χ1n) is 5.72. The molecule has 7 nitrogen and oxygen atoms in total. The zero-order valence-electron chi connectivity index (χ0n) is 9.76. The molecule has 0 spiro atoms. The minimum Gasteiger partial charge on any atom is -0.480 e. The zero-order valence-corrected chi connectivity index (χ0v) is 9.76. The predicted octanol–water partition coefficient (Wildman–Crippen LogP) is 1.49. The lowest BCUT2D eigenvalue weighted by Gasteiger charge is -2.28. The van der Waals surface area contributed by atoms with E-state index in [1.165, 1.54) is 6.92 Å². The molecule has 0 radical (unpaired) electrons. The van der Waals surface area contributed by atoms with Gasteiger partial charge in [0, 0.05) is 0 Å². The highest BCUT2D eigenvalue weighted by atomic mass is 16.4. The Morgan fingerprint density at radius 2 is 1.94 bits per heavy atom. The minimum atomic E-state index is -1.15. The van der Waals surface area contributed by atoms with Gasteiger partial charge in [-0.25, -0.2) is 4.79 Å². The van der Waals surface area contributed by atoms with Gasteiger partial charge >= 0.3 is 12.0 Å². The molecule has 2 amide bonds. The molecule has 0 saturated heterocycles. The van der Waals surface area contributed by atoms with E-state index in [1.807, 2.05) is 0 Å². The number of hydrogen-bond donors (Lipinski definition) is 2. The van der Waals surface area contributed by atoms with Crippen LogP contribution in [0.15, 0.2) is 5.29 Å². The zero-order chi connectivity index (χ0) is 12.8. The molecule has 1 fully saturated rings. The van der Waals surface area contributed by atoms with Crippen LogP contribution < -0.4 is 5.32 Å². The molecule has 0 aromatic rings. The van der Waals surface area contributed by atoms with Crippen LogP contribution in [0, 0.1) is 4.91 Å². The number of urea groups is 1. The van der Waals surface area contributed by atoms with Crippen molar-refractivity contribution in [2.45, 2.75) is 51.1 Å². The van der Waals surface area contributed by atoms with E-state index in [0.717, 1.165) is 37.1 Å². The van der Waals surface area contributed by atoms with Crippen LogP contribution in [0.25, 0.3) is 0 Å². The van der Waals surface area contributed by atoms with Gasteiger partial charge in [0.1, 0.15) is 6.04 Å². The lowest BCUT2D eigenvalue weighted by molar-refractivity contribution is -0.138. The second-order valence-corrected chi connectivity index (χ2v) is 4.23. The molecule has 0 bridgehead atoms. The van der Waals surface area contributed by atoms with Crippen LogP contribution >= 0.6 is 0 Å². The Morgan fingerprint density at radius 3 is 2.41 bits per heavy atom. The Kier molecular flexibility index (Phi) is 4.86. The summed E-state index contributed by atoms with van der Waals surface area (Å²) in [5.74, 6) is -1.15. The maximum atomic E-state index is 11.6. The molecule has 0 aromatic heterocycles. The number of nitrogens with zero attached hydrogens (tertiary/aromatic N) is 2. The van der Waals surface area contributed by atoms with Crippen molar-refractivity contribution in [1.29, 1.82) is 0 Å². The molecule has 96 valence electrons. The number of nitrogens with one attached hydrogen (secondary N) is 1.